The smallest absolute Gasteiger partial charge is 0.128 e. The van der Waals surface area contributed by atoms with Crippen molar-refractivity contribution in [3.63, 3.8) is 0 Å². The molecule has 1 N–H and O–H groups in total. The molecule has 0 spiro atoms. The molecule has 1 saturated carbocycles. The summed E-state index contributed by atoms with van der Waals surface area (Å²) in [5.41, 5.74) is 0.864. The monoisotopic (exact) mass is 326 g/mol. The maximum Gasteiger partial charge on any atom is 0.128 e. The molecule has 1 heterocycles. The summed E-state index contributed by atoms with van der Waals surface area (Å²) < 4.78 is 15.2. The highest BCUT2D eigenvalue weighted by Crippen LogP contribution is 2.41. The SMILES string of the molecule is Fc1ccc(Br)cc1[C@H](CC1CC1)N1CCNCC1. The first-order chi connectivity index (χ1) is 9.24. The van der Waals surface area contributed by atoms with Gasteiger partial charge in [-0.2, -0.15) is 0 Å². The summed E-state index contributed by atoms with van der Waals surface area (Å²) in [5.74, 6) is 0.741. The Hall–Kier alpha value is -0.450. The highest BCUT2D eigenvalue weighted by molar-refractivity contribution is 9.10. The predicted molar refractivity (Wildman–Crippen MR) is 78.6 cm³/mol. The van der Waals surface area contributed by atoms with E-state index in [0.717, 1.165) is 48.6 Å². The van der Waals surface area contributed by atoms with E-state index in [2.05, 4.69) is 26.1 Å². The van der Waals surface area contributed by atoms with Gasteiger partial charge in [-0.25, -0.2) is 4.39 Å². The minimum atomic E-state index is -0.0626. The van der Waals surface area contributed by atoms with Crippen LogP contribution < -0.4 is 5.32 Å². The zero-order valence-corrected chi connectivity index (χ0v) is 12.6. The Balaban J connectivity index is 1.85. The number of piperazine rings is 1. The number of nitrogens with zero attached hydrogens (tertiary/aromatic N) is 1. The number of halogens is 2. The van der Waals surface area contributed by atoms with Gasteiger partial charge in [0.2, 0.25) is 0 Å². The van der Waals surface area contributed by atoms with Crippen LogP contribution in [0.3, 0.4) is 0 Å². The Bertz CT molecular complexity index is 442. The van der Waals surface area contributed by atoms with Crippen LogP contribution in [0.4, 0.5) is 4.39 Å². The van der Waals surface area contributed by atoms with Crippen molar-refractivity contribution >= 4 is 15.9 Å². The summed E-state index contributed by atoms with van der Waals surface area (Å²) in [6.45, 7) is 4.06. The second-order valence-corrected chi connectivity index (χ2v) is 6.56. The molecule has 2 aliphatic rings. The molecule has 4 heteroatoms. The van der Waals surface area contributed by atoms with Gasteiger partial charge in [-0.1, -0.05) is 28.8 Å². The fourth-order valence-electron chi connectivity index (χ4n) is 2.91. The minimum absolute atomic E-state index is 0.0626. The van der Waals surface area contributed by atoms with Gasteiger partial charge in [-0.3, -0.25) is 4.90 Å². The first-order valence-electron chi connectivity index (χ1n) is 7.14. The normalized spacial score (nSPS) is 22.4. The Morgan fingerprint density at radius 2 is 2.05 bits per heavy atom. The summed E-state index contributed by atoms with van der Waals surface area (Å²) in [5, 5.41) is 3.37. The van der Waals surface area contributed by atoms with Crippen LogP contribution in [-0.4, -0.2) is 31.1 Å². The Labute approximate surface area is 122 Å². The van der Waals surface area contributed by atoms with Crippen molar-refractivity contribution in [2.24, 2.45) is 5.92 Å². The van der Waals surface area contributed by atoms with Gasteiger partial charge < -0.3 is 5.32 Å². The fourth-order valence-corrected chi connectivity index (χ4v) is 3.28. The Morgan fingerprint density at radius 3 is 2.74 bits per heavy atom. The quantitative estimate of drug-likeness (QED) is 0.912. The summed E-state index contributed by atoms with van der Waals surface area (Å²) in [6.07, 6.45) is 3.74. The summed E-state index contributed by atoms with van der Waals surface area (Å²) >= 11 is 3.47. The fraction of sp³-hybridized carbons (Fsp3) is 0.600. The van der Waals surface area contributed by atoms with E-state index in [-0.39, 0.29) is 11.9 Å². The van der Waals surface area contributed by atoms with Gasteiger partial charge >= 0.3 is 0 Å². The molecule has 0 radical (unpaired) electrons. The van der Waals surface area contributed by atoms with Gasteiger partial charge in [-0.15, -0.1) is 0 Å². The molecule has 1 aromatic rings. The van der Waals surface area contributed by atoms with E-state index >= 15 is 0 Å². The van der Waals surface area contributed by atoms with Crippen molar-refractivity contribution < 1.29 is 4.39 Å². The van der Waals surface area contributed by atoms with Crippen molar-refractivity contribution in [1.82, 2.24) is 10.2 Å². The number of hydrogen-bond acceptors (Lipinski definition) is 2. The van der Waals surface area contributed by atoms with Crippen molar-refractivity contribution in [2.75, 3.05) is 26.2 Å². The number of rotatable bonds is 4. The second-order valence-electron chi connectivity index (χ2n) is 5.65. The Morgan fingerprint density at radius 1 is 1.32 bits per heavy atom. The third kappa shape index (κ3) is 3.36. The minimum Gasteiger partial charge on any atom is -0.314 e. The van der Waals surface area contributed by atoms with Crippen LogP contribution in [0.5, 0.6) is 0 Å². The van der Waals surface area contributed by atoms with Crippen LogP contribution >= 0.6 is 15.9 Å². The second kappa shape index (κ2) is 5.90. The van der Waals surface area contributed by atoms with Crippen molar-refractivity contribution in [3.8, 4) is 0 Å². The third-order valence-electron chi connectivity index (χ3n) is 4.16. The molecule has 1 saturated heterocycles. The topological polar surface area (TPSA) is 15.3 Å². The molecule has 0 unspecified atom stereocenters. The zero-order chi connectivity index (χ0) is 13.2. The van der Waals surface area contributed by atoms with Crippen LogP contribution in [0.25, 0.3) is 0 Å². The van der Waals surface area contributed by atoms with Crippen molar-refractivity contribution in [1.29, 1.82) is 0 Å². The average Bonchev–Trinajstić information content (AvgIpc) is 3.24. The van der Waals surface area contributed by atoms with Gasteiger partial charge in [0, 0.05) is 42.3 Å². The maximum atomic E-state index is 14.2. The lowest BCUT2D eigenvalue weighted by atomic mass is 9.98. The van der Waals surface area contributed by atoms with E-state index in [0.29, 0.717) is 0 Å². The number of hydrogen-bond donors (Lipinski definition) is 1. The van der Waals surface area contributed by atoms with Gasteiger partial charge in [0.15, 0.2) is 0 Å². The van der Waals surface area contributed by atoms with Crippen LogP contribution in [0.15, 0.2) is 22.7 Å². The lowest BCUT2D eigenvalue weighted by molar-refractivity contribution is 0.157. The third-order valence-corrected chi connectivity index (χ3v) is 4.66. The highest BCUT2D eigenvalue weighted by atomic mass is 79.9. The van der Waals surface area contributed by atoms with Gasteiger partial charge in [0.1, 0.15) is 5.82 Å². The van der Waals surface area contributed by atoms with Crippen LogP contribution in [0.2, 0.25) is 0 Å². The Kier molecular flexibility index (Phi) is 4.20. The molecule has 1 atom stereocenters. The van der Waals surface area contributed by atoms with Crippen LogP contribution in [0, 0.1) is 11.7 Å². The molecule has 3 rings (SSSR count). The van der Waals surface area contributed by atoms with Crippen molar-refractivity contribution in [2.45, 2.75) is 25.3 Å². The van der Waals surface area contributed by atoms with Crippen LogP contribution in [-0.2, 0) is 0 Å². The molecule has 2 fully saturated rings. The maximum absolute atomic E-state index is 14.2. The molecule has 1 aromatic carbocycles. The van der Waals surface area contributed by atoms with E-state index in [1.54, 1.807) is 12.1 Å². The summed E-state index contributed by atoms with van der Waals surface area (Å²) in [7, 11) is 0. The number of nitrogens with one attached hydrogen (secondary N) is 1. The summed E-state index contributed by atoms with van der Waals surface area (Å²) in [6, 6.07) is 5.57. The van der Waals surface area contributed by atoms with E-state index in [1.807, 2.05) is 6.07 Å². The highest BCUT2D eigenvalue weighted by Gasteiger charge is 2.31. The molecule has 104 valence electrons. The van der Waals surface area contributed by atoms with Gasteiger partial charge in [0.25, 0.3) is 0 Å². The van der Waals surface area contributed by atoms with E-state index in [1.165, 1.54) is 12.8 Å². The molecule has 0 amide bonds. The van der Waals surface area contributed by atoms with E-state index in [9.17, 15) is 4.39 Å². The first-order valence-corrected chi connectivity index (χ1v) is 7.93. The largest absolute Gasteiger partial charge is 0.314 e. The standard InChI is InChI=1S/C15H20BrFN2/c16-12-3-4-14(17)13(10-12)15(9-11-1-2-11)19-7-5-18-6-8-19/h3-4,10-11,15,18H,1-2,5-9H2/t15-/m0/s1. The lowest BCUT2D eigenvalue weighted by Crippen LogP contribution is -2.45. The zero-order valence-electron chi connectivity index (χ0n) is 11.0. The van der Waals surface area contributed by atoms with Gasteiger partial charge in [-0.05, 0) is 30.5 Å². The molecular weight excluding hydrogens is 307 g/mol. The van der Waals surface area contributed by atoms with Crippen molar-refractivity contribution in [3.05, 3.63) is 34.1 Å². The average molecular weight is 327 g/mol. The number of benzene rings is 1. The van der Waals surface area contributed by atoms with Gasteiger partial charge in [0.05, 0.1) is 0 Å². The molecule has 1 aliphatic heterocycles. The van der Waals surface area contributed by atoms with E-state index in [4.69, 9.17) is 0 Å². The van der Waals surface area contributed by atoms with Crippen LogP contribution in [0.1, 0.15) is 30.9 Å². The molecule has 0 bridgehead atoms. The summed E-state index contributed by atoms with van der Waals surface area (Å²) in [4.78, 5) is 2.44. The molecule has 2 nitrogen and oxygen atoms in total. The first kappa shape index (κ1) is 13.5. The lowest BCUT2D eigenvalue weighted by Gasteiger charge is -2.35. The predicted octanol–water partition coefficient (Wildman–Crippen LogP) is 3.33. The molecular formula is C15H20BrFN2. The molecule has 0 aromatic heterocycles. The van der Waals surface area contributed by atoms with E-state index < -0.39 is 0 Å². The molecule has 1 aliphatic carbocycles. The molecule has 19 heavy (non-hydrogen) atoms.